The predicted octanol–water partition coefficient (Wildman–Crippen LogP) is -0.504. The number of nitrogens with zero attached hydrogens (tertiary/aromatic N) is 1. The molecule has 0 rings (SSSR count). The Morgan fingerprint density at radius 3 is 1.17 bits per heavy atom. The van der Waals surface area contributed by atoms with Crippen LogP contribution in [0.5, 0.6) is 0 Å². The van der Waals surface area contributed by atoms with Crippen LogP contribution in [0.4, 0.5) is 0 Å². The summed E-state index contributed by atoms with van der Waals surface area (Å²) in [5.74, 6) is 0. The third-order valence-corrected chi connectivity index (χ3v) is 2.79. The number of hydrogen-bond acceptors (Lipinski definition) is 1. The SMILES string of the molecule is CCC[N+](CCC)(CCC)CCC.N=C(N)[Se].[I-]. The van der Waals surface area contributed by atoms with Crippen LogP contribution in [0.3, 0.4) is 0 Å². The Labute approximate surface area is 139 Å². The first-order valence-electron chi connectivity index (χ1n) is 6.84. The van der Waals surface area contributed by atoms with Crippen molar-refractivity contribution in [3.05, 3.63) is 0 Å². The maximum atomic E-state index is 6.22. The Morgan fingerprint density at radius 1 is 0.889 bits per heavy atom. The van der Waals surface area contributed by atoms with Gasteiger partial charge in [-0.05, 0) is 25.7 Å². The van der Waals surface area contributed by atoms with Gasteiger partial charge in [0, 0.05) is 0 Å². The van der Waals surface area contributed by atoms with E-state index in [2.05, 4.69) is 49.4 Å². The van der Waals surface area contributed by atoms with Crippen LogP contribution in [0.25, 0.3) is 0 Å². The Kier molecular flexibility index (Phi) is 20.8. The van der Waals surface area contributed by atoms with Crippen LogP contribution in [0.2, 0.25) is 0 Å². The van der Waals surface area contributed by atoms with Gasteiger partial charge in [-0.1, -0.05) is 27.7 Å². The van der Waals surface area contributed by atoms with Crippen molar-refractivity contribution in [3.8, 4) is 0 Å². The standard InChI is InChI=1S/C12H28N.CH3N2Se.HI/c1-5-9-13(10-6-2,11-7-3)12-8-4;2-1(3)4;/h5-12H2,1-4H3;(H3,2,3);1H/q+1;;/p-1. The second-order valence-electron chi connectivity index (χ2n) is 4.60. The maximum Gasteiger partial charge on any atom is -1.00 e. The zero-order valence-electron chi connectivity index (χ0n) is 12.5. The molecule has 0 aliphatic heterocycles. The van der Waals surface area contributed by atoms with E-state index in [1.807, 2.05) is 0 Å². The van der Waals surface area contributed by atoms with E-state index in [0.29, 0.717) is 0 Å². The average molecular weight is 435 g/mol. The molecule has 0 aromatic rings. The molecule has 0 saturated heterocycles. The molecule has 0 atom stereocenters. The third-order valence-electron chi connectivity index (χ3n) is 2.79. The molecule has 5 heteroatoms. The molecular formula is C13H31IN3Se. The van der Waals surface area contributed by atoms with E-state index in [-0.39, 0.29) is 28.7 Å². The summed E-state index contributed by atoms with van der Waals surface area (Å²) in [7, 11) is 0. The normalized spacial score (nSPS) is 10.0. The van der Waals surface area contributed by atoms with E-state index in [4.69, 9.17) is 5.41 Å². The molecule has 0 unspecified atom stereocenters. The Balaban J connectivity index is -0.000000392. The molecule has 0 aliphatic rings. The van der Waals surface area contributed by atoms with Crippen molar-refractivity contribution in [2.45, 2.75) is 53.4 Å². The number of rotatable bonds is 8. The molecule has 0 aromatic heterocycles. The van der Waals surface area contributed by atoms with Gasteiger partial charge in [0.2, 0.25) is 0 Å². The van der Waals surface area contributed by atoms with Gasteiger partial charge in [-0.2, -0.15) is 0 Å². The molecule has 0 aliphatic carbocycles. The number of nitrogens with one attached hydrogen (secondary N) is 1. The molecule has 0 amide bonds. The van der Waals surface area contributed by atoms with Crippen LogP contribution in [0.15, 0.2) is 0 Å². The summed E-state index contributed by atoms with van der Waals surface area (Å²) in [6.07, 6.45) is 5.33. The van der Waals surface area contributed by atoms with Gasteiger partial charge >= 0.3 is 31.9 Å². The monoisotopic (exact) mass is 436 g/mol. The molecule has 0 bridgehead atoms. The summed E-state index contributed by atoms with van der Waals surface area (Å²) in [6, 6.07) is 0. The molecular weight excluding hydrogens is 404 g/mol. The van der Waals surface area contributed by atoms with Crippen LogP contribution in [-0.4, -0.2) is 51.4 Å². The van der Waals surface area contributed by atoms with Crippen molar-refractivity contribution < 1.29 is 28.5 Å². The van der Waals surface area contributed by atoms with E-state index in [0.717, 1.165) is 0 Å². The number of nitrogens with two attached hydrogens (primary N) is 1. The molecule has 0 heterocycles. The van der Waals surface area contributed by atoms with Gasteiger partial charge in [0.05, 0.1) is 26.2 Å². The van der Waals surface area contributed by atoms with Crippen molar-refractivity contribution >= 4 is 20.7 Å². The summed E-state index contributed by atoms with van der Waals surface area (Å²) in [4.78, 5) is 0. The fraction of sp³-hybridized carbons (Fsp3) is 0.923. The first-order valence-corrected chi connectivity index (χ1v) is 7.69. The molecule has 0 saturated carbocycles. The van der Waals surface area contributed by atoms with Crippen molar-refractivity contribution in [3.63, 3.8) is 0 Å². The summed E-state index contributed by atoms with van der Waals surface area (Å²) < 4.78 is 1.42. The topological polar surface area (TPSA) is 49.9 Å². The van der Waals surface area contributed by atoms with Gasteiger partial charge in [-0.25, -0.2) is 0 Å². The Bertz CT molecular complexity index is 156. The van der Waals surface area contributed by atoms with E-state index < -0.39 is 0 Å². The quantitative estimate of drug-likeness (QED) is 0.175. The van der Waals surface area contributed by atoms with Crippen LogP contribution < -0.4 is 29.7 Å². The summed E-state index contributed by atoms with van der Waals surface area (Å²) in [5.41, 5.74) is 4.64. The van der Waals surface area contributed by atoms with Gasteiger partial charge in [0.15, 0.2) is 0 Å². The molecule has 0 fully saturated rings. The van der Waals surface area contributed by atoms with Crippen molar-refractivity contribution in [1.82, 2.24) is 0 Å². The minimum absolute atomic E-state index is 0. The minimum Gasteiger partial charge on any atom is -1.00 e. The van der Waals surface area contributed by atoms with Crippen molar-refractivity contribution in [1.29, 1.82) is 5.41 Å². The summed E-state index contributed by atoms with van der Waals surface area (Å²) in [6.45, 7) is 14.8. The third kappa shape index (κ3) is 14.7. The van der Waals surface area contributed by atoms with Crippen LogP contribution >= 0.6 is 0 Å². The zero-order valence-corrected chi connectivity index (χ0v) is 16.3. The first kappa shape index (κ1) is 23.7. The molecule has 3 nitrogen and oxygen atoms in total. The van der Waals surface area contributed by atoms with E-state index in [9.17, 15) is 0 Å². The second kappa shape index (κ2) is 15.7. The Morgan fingerprint density at radius 2 is 1.06 bits per heavy atom. The molecule has 111 valence electrons. The minimum atomic E-state index is 0. The number of quaternary nitrogens is 1. The predicted molar refractivity (Wildman–Crippen MR) is 78.6 cm³/mol. The zero-order chi connectivity index (χ0) is 13.7. The molecule has 1 radical (unpaired) electrons. The molecule has 3 N–H and O–H groups in total. The molecule has 0 aromatic carbocycles. The van der Waals surface area contributed by atoms with Crippen LogP contribution in [0, 0.1) is 5.41 Å². The average Bonchev–Trinajstić information content (AvgIpc) is 2.18. The smallest absolute Gasteiger partial charge is 1.00 e. The van der Waals surface area contributed by atoms with E-state index in [1.54, 1.807) is 0 Å². The number of amidine groups is 1. The molecule has 18 heavy (non-hydrogen) atoms. The van der Waals surface area contributed by atoms with Crippen molar-refractivity contribution in [2.24, 2.45) is 5.73 Å². The Hall–Kier alpha value is 0.679. The van der Waals surface area contributed by atoms with E-state index >= 15 is 0 Å². The summed E-state index contributed by atoms with van der Waals surface area (Å²) in [5, 5.41) is 6.22. The number of hydrogen-bond donors (Lipinski definition) is 2. The fourth-order valence-electron chi connectivity index (χ4n) is 2.57. The van der Waals surface area contributed by atoms with Gasteiger partial charge in [0.25, 0.3) is 0 Å². The maximum absolute atomic E-state index is 6.22. The van der Waals surface area contributed by atoms with Crippen LogP contribution in [-0.2, 0) is 0 Å². The first-order chi connectivity index (χ1) is 7.97. The fourth-order valence-corrected chi connectivity index (χ4v) is 2.57. The number of halogens is 1. The van der Waals surface area contributed by atoms with Gasteiger partial charge in [0.1, 0.15) is 0 Å². The second-order valence-corrected chi connectivity index (χ2v) is 5.52. The van der Waals surface area contributed by atoms with Gasteiger partial charge in [-0.3, -0.25) is 0 Å². The molecule has 0 spiro atoms. The largest absolute Gasteiger partial charge is 1.00 e. The van der Waals surface area contributed by atoms with Gasteiger partial charge < -0.3 is 28.5 Å². The van der Waals surface area contributed by atoms with Crippen LogP contribution in [0.1, 0.15) is 53.4 Å². The van der Waals surface area contributed by atoms with Gasteiger partial charge in [-0.15, -0.1) is 0 Å². The van der Waals surface area contributed by atoms with Crippen molar-refractivity contribution in [2.75, 3.05) is 26.2 Å². The van der Waals surface area contributed by atoms with E-state index in [1.165, 1.54) is 56.3 Å². The summed E-state index contributed by atoms with van der Waals surface area (Å²) >= 11 is 2.26.